The van der Waals surface area contributed by atoms with Gasteiger partial charge in [0, 0.05) is 51.4 Å². The molecule has 7 nitrogen and oxygen atoms in total. The van der Waals surface area contributed by atoms with E-state index in [2.05, 4.69) is 37.6 Å². The minimum absolute atomic E-state index is 0.559. The van der Waals surface area contributed by atoms with Crippen molar-refractivity contribution < 1.29 is 9.15 Å². The maximum absolute atomic E-state index is 5.60. The summed E-state index contributed by atoms with van der Waals surface area (Å²) in [6.07, 6.45) is 5.21. The van der Waals surface area contributed by atoms with Crippen LogP contribution in [0.15, 0.2) is 106 Å². The van der Waals surface area contributed by atoms with Crippen LogP contribution in [0.25, 0.3) is 33.1 Å². The van der Waals surface area contributed by atoms with Gasteiger partial charge in [-0.15, -0.1) is 10.2 Å². The van der Waals surface area contributed by atoms with E-state index in [1.165, 1.54) is 0 Å². The molecule has 0 amide bonds. The Balaban J connectivity index is 1.27. The molecule has 0 fully saturated rings. The summed E-state index contributed by atoms with van der Waals surface area (Å²) >= 11 is 1.64. The standard InChI is InChI=1S/C27H19N5O2S/c1-33-24-11-6-17(16-29-24)25-20-4-2-3-5-21(20)27(32-31-25)30-18-7-9-19(10-8-18)35-23-12-14-28-22-13-15-34-26(22)23/h2-16H,1H3,(H,30,32). The average Bonchev–Trinajstić information content (AvgIpc) is 3.40. The number of nitrogens with one attached hydrogen (secondary N) is 1. The molecule has 6 rings (SSSR count). The van der Waals surface area contributed by atoms with E-state index in [4.69, 9.17) is 9.15 Å². The predicted octanol–water partition coefficient (Wildman–Crippen LogP) is 6.74. The molecule has 0 radical (unpaired) electrons. The van der Waals surface area contributed by atoms with Gasteiger partial charge in [-0.05, 0) is 36.4 Å². The van der Waals surface area contributed by atoms with Gasteiger partial charge in [0.1, 0.15) is 11.2 Å². The van der Waals surface area contributed by atoms with Gasteiger partial charge in [-0.25, -0.2) is 4.98 Å². The summed E-state index contributed by atoms with van der Waals surface area (Å²) in [5.74, 6) is 1.25. The second-order valence-electron chi connectivity index (χ2n) is 7.73. The summed E-state index contributed by atoms with van der Waals surface area (Å²) in [7, 11) is 1.60. The zero-order valence-corrected chi connectivity index (χ0v) is 19.5. The number of rotatable bonds is 6. The fourth-order valence-electron chi connectivity index (χ4n) is 3.85. The van der Waals surface area contributed by atoms with E-state index in [-0.39, 0.29) is 0 Å². The van der Waals surface area contributed by atoms with E-state index in [0.29, 0.717) is 11.7 Å². The molecule has 35 heavy (non-hydrogen) atoms. The van der Waals surface area contributed by atoms with Crippen LogP contribution < -0.4 is 10.1 Å². The van der Waals surface area contributed by atoms with Crippen LogP contribution in [0.5, 0.6) is 5.88 Å². The lowest BCUT2D eigenvalue weighted by molar-refractivity contribution is 0.398. The first-order valence-corrected chi connectivity index (χ1v) is 11.7. The smallest absolute Gasteiger partial charge is 0.212 e. The summed E-state index contributed by atoms with van der Waals surface area (Å²) in [5, 5.41) is 14.4. The minimum Gasteiger partial charge on any atom is -0.481 e. The van der Waals surface area contributed by atoms with Crippen molar-refractivity contribution in [1.82, 2.24) is 20.2 Å². The summed E-state index contributed by atoms with van der Waals surface area (Å²) in [6, 6.07) is 23.8. The summed E-state index contributed by atoms with van der Waals surface area (Å²) in [4.78, 5) is 10.8. The Morgan fingerprint density at radius 2 is 1.71 bits per heavy atom. The molecule has 0 aliphatic heterocycles. The van der Waals surface area contributed by atoms with Crippen LogP contribution in [0.2, 0.25) is 0 Å². The van der Waals surface area contributed by atoms with Crippen LogP contribution in [-0.4, -0.2) is 27.3 Å². The van der Waals surface area contributed by atoms with Crippen LogP contribution in [0.4, 0.5) is 11.5 Å². The van der Waals surface area contributed by atoms with Crippen molar-refractivity contribution in [2.45, 2.75) is 9.79 Å². The molecule has 0 aliphatic rings. The molecule has 0 saturated heterocycles. The second-order valence-corrected chi connectivity index (χ2v) is 8.84. The van der Waals surface area contributed by atoms with Crippen LogP contribution in [0, 0.1) is 0 Å². The lowest BCUT2D eigenvalue weighted by Gasteiger charge is -2.12. The number of hydrogen-bond donors (Lipinski definition) is 1. The number of methoxy groups -OCH3 is 1. The average molecular weight is 478 g/mol. The van der Waals surface area contributed by atoms with E-state index in [1.54, 1.807) is 37.5 Å². The van der Waals surface area contributed by atoms with E-state index in [1.807, 2.05) is 60.7 Å². The van der Waals surface area contributed by atoms with Gasteiger partial charge >= 0.3 is 0 Å². The predicted molar refractivity (Wildman–Crippen MR) is 137 cm³/mol. The fourth-order valence-corrected chi connectivity index (χ4v) is 4.75. The number of nitrogens with zero attached hydrogens (tertiary/aromatic N) is 4. The number of furan rings is 1. The molecule has 0 spiro atoms. The van der Waals surface area contributed by atoms with Crippen molar-refractivity contribution >= 4 is 45.1 Å². The Bertz CT molecular complexity index is 1630. The first-order chi connectivity index (χ1) is 17.3. The first-order valence-electron chi connectivity index (χ1n) is 10.9. The van der Waals surface area contributed by atoms with Gasteiger partial charge in [0.25, 0.3) is 0 Å². The van der Waals surface area contributed by atoms with Gasteiger partial charge in [0.15, 0.2) is 11.4 Å². The molecule has 4 aromatic heterocycles. The number of ether oxygens (including phenoxy) is 1. The van der Waals surface area contributed by atoms with E-state index < -0.39 is 0 Å². The zero-order valence-electron chi connectivity index (χ0n) is 18.7. The summed E-state index contributed by atoms with van der Waals surface area (Å²) in [5.41, 5.74) is 4.23. The number of anilines is 2. The summed E-state index contributed by atoms with van der Waals surface area (Å²) < 4.78 is 10.8. The highest BCUT2D eigenvalue weighted by molar-refractivity contribution is 7.99. The molecule has 0 bridgehead atoms. The number of benzene rings is 2. The molecule has 170 valence electrons. The Morgan fingerprint density at radius 3 is 2.51 bits per heavy atom. The normalized spacial score (nSPS) is 11.1. The molecule has 1 N–H and O–H groups in total. The lowest BCUT2D eigenvalue weighted by atomic mass is 10.1. The van der Waals surface area contributed by atoms with E-state index in [9.17, 15) is 0 Å². The summed E-state index contributed by atoms with van der Waals surface area (Å²) in [6.45, 7) is 0. The Morgan fingerprint density at radius 1 is 0.857 bits per heavy atom. The number of hydrogen-bond acceptors (Lipinski definition) is 8. The van der Waals surface area contributed by atoms with Gasteiger partial charge in [-0.1, -0.05) is 36.0 Å². The maximum atomic E-state index is 5.60. The highest BCUT2D eigenvalue weighted by Crippen LogP contribution is 2.35. The molecule has 0 saturated carbocycles. The van der Waals surface area contributed by atoms with Crippen LogP contribution in [0.1, 0.15) is 0 Å². The van der Waals surface area contributed by atoms with Crippen molar-refractivity contribution in [2.24, 2.45) is 0 Å². The molecule has 0 unspecified atom stereocenters. The quantitative estimate of drug-likeness (QED) is 0.282. The molecular weight excluding hydrogens is 458 g/mol. The Hall–Kier alpha value is -4.43. The SMILES string of the molecule is COc1ccc(-c2nnc(Nc3ccc(Sc4ccnc5ccoc45)cc3)c3ccccc23)cn1. The molecular formula is C27H19N5O2S. The number of aromatic nitrogens is 4. The van der Waals surface area contributed by atoms with Gasteiger partial charge in [0.05, 0.1) is 18.3 Å². The Kier molecular flexibility index (Phi) is 5.48. The largest absolute Gasteiger partial charge is 0.481 e. The van der Waals surface area contributed by atoms with Gasteiger partial charge in [-0.3, -0.25) is 4.98 Å². The van der Waals surface area contributed by atoms with Gasteiger partial charge in [0.2, 0.25) is 5.88 Å². The van der Waals surface area contributed by atoms with E-state index >= 15 is 0 Å². The van der Waals surface area contributed by atoms with Crippen molar-refractivity contribution in [1.29, 1.82) is 0 Å². The van der Waals surface area contributed by atoms with E-state index in [0.717, 1.165) is 48.6 Å². The van der Waals surface area contributed by atoms with Crippen LogP contribution in [-0.2, 0) is 0 Å². The molecule has 0 atom stereocenters. The number of pyridine rings is 2. The first kappa shape index (κ1) is 21.1. The molecule has 8 heteroatoms. The van der Waals surface area contributed by atoms with Crippen molar-refractivity contribution in [3.8, 4) is 17.1 Å². The molecule has 4 heterocycles. The van der Waals surface area contributed by atoms with Crippen molar-refractivity contribution in [3.63, 3.8) is 0 Å². The third-order valence-electron chi connectivity index (χ3n) is 5.56. The third-order valence-corrected chi connectivity index (χ3v) is 6.61. The molecule has 6 aromatic rings. The molecule has 2 aromatic carbocycles. The maximum Gasteiger partial charge on any atom is 0.212 e. The number of fused-ring (bicyclic) bond motifs is 2. The third kappa shape index (κ3) is 4.15. The minimum atomic E-state index is 0.559. The van der Waals surface area contributed by atoms with Crippen molar-refractivity contribution in [3.05, 3.63) is 91.5 Å². The zero-order chi connectivity index (χ0) is 23.6. The van der Waals surface area contributed by atoms with Gasteiger partial charge in [-0.2, -0.15) is 0 Å². The van der Waals surface area contributed by atoms with Crippen LogP contribution >= 0.6 is 11.8 Å². The lowest BCUT2D eigenvalue weighted by Crippen LogP contribution is -1.99. The highest BCUT2D eigenvalue weighted by atomic mass is 32.2. The van der Waals surface area contributed by atoms with Crippen LogP contribution in [0.3, 0.4) is 0 Å². The molecule has 0 aliphatic carbocycles. The highest BCUT2D eigenvalue weighted by Gasteiger charge is 2.12. The van der Waals surface area contributed by atoms with Gasteiger partial charge < -0.3 is 14.5 Å². The Labute approximate surface area is 205 Å². The topological polar surface area (TPSA) is 86.0 Å². The van der Waals surface area contributed by atoms with Crippen molar-refractivity contribution in [2.75, 3.05) is 12.4 Å². The second kappa shape index (κ2) is 9.08. The monoisotopic (exact) mass is 477 g/mol. The fraction of sp³-hybridized carbons (Fsp3) is 0.0370.